The van der Waals surface area contributed by atoms with E-state index in [1.807, 2.05) is 6.07 Å². The fourth-order valence-corrected chi connectivity index (χ4v) is 4.71. The molecular formula is C18H24N2O. The monoisotopic (exact) mass is 284 g/mol. The zero-order chi connectivity index (χ0) is 14.2. The molecule has 1 aromatic rings. The summed E-state index contributed by atoms with van der Waals surface area (Å²) in [7, 11) is 0. The lowest BCUT2D eigenvalue weighted by atomic mass is 9.87. The van der Waals surface area contributed by atoms with Crippen molar-refractivity contribution in [3.05, 3.63) is 35.4 Å². The molecule has 21 heavy (non-hydrogen) atoms. The van der Waals surface area contributed by atoms with Gasteiger partial charge in [-0.1, -0.05) is 30.7 Å². The Kier molecular flexibility index (Phi) is 3.46. The minimum Gasteiger partial charge on any atom is -0.355 e. The van der Waals surface area contributed by atoms with Gasteiger partial charge in [-0.3, -0.25) is 4.79 Å². The second kappa shape index (κ2) is 5.45. The minimum atomic E-state index is -0.0199. The molecule has 1 aliphatic heterocycles. The highest BCUT2D eigenvalue weighted by Crippen LogP contribution is 2.47. The molecular weight excluding hydrogens is 260 g/mol. The maximum absolute atomic E-state index is 12.6. The van der Waals surface area contributed by atoms with Gasteiger partial charge in [-0.05, 0) is 48.1 Å². The van der Waals surface area contributed by atoms with E-state index in [1.165, 1.54) is 36.8 Å². The number of carbonyl (C=O) groups excluding carboxylic acids is 1. The molecule has 2 fully saturated rings. The third-order valence-corrected chi connectivity index (χ3v) is 5.83. The van der Waals surface area contributed by atoms with Gasteiger partial charge in [0, 0.05) is 19.6 Å². The highest BCUT2D eigenvalue weighted by atomic mass is 16.1. The van der Waals surface area contributed by atoms with Crippen molar-refractivity contribution in [3.8, 4) is 0 Å². The van der Waals surface area contributed by atoms with E-state index in [9.17, 15) is 4.79 Å². The van der Waals surface area contributed by atoms with E-state index in [2.05, 4.69) is 28.8 Å². The summed E-state index contributed by atoms with van der Waals surface area (Å²) in [6.07, 6.45) is 5.56. The summed E-state index contributed by atoms with van der Waals surface area (Å²) < 4.78 is 0. The van der Waals surface area contributed by atoms with Crippen LogP contribution in [0.2, 0.25) is 0 Å². The third-order valence-electron chi connectivity index (χ3n) is 5.83. The lowest BCUT2D eigenvalue weighted by molar-refractivity contribution is -0.122. The van der Waals surface area contributed by atoms with Gasteiger partial charge in [0.25, 0.3) is 0 Å². The summed E-state index contributed by atoms with van der Waals surface area (Å²) in [5, 5.41) is 6.61. The molecule has 2 N–H and O–H groups in total. The van der Waals surface area contributed by atoms with Crippen molar-refractivity contribution in [2.75, 3.05) is 13.1 Å². The van der Waals surface area contributed by atoms with Crippen molar-refractivity contribution in [1.82, 2.24) is 10.6 Å². The molecule has 2 saturated carbocycles. The van der Waals surface area contributed by atoms with Crippen LogP contribution in [0.5, 0.6) is 0 Å². The summed E-state index contributed by atoms with van der Waals surface area (Å²) in [6, 6.07) is 8.33. The van der Waals surface area contributed by atoms with E-state index >= 15 is 0 Å². The van der Waals surface area contributed by atoms with Crippen molar-refractivity contribution < 1.29 is 4.79 Å². The van der Waals surface area contributed by atoms with Crippen LogP contribution in [0.15, 0.2) is 24.3 Å². The van der Waals surface area contributed by atoms with E-state index in [4.69, 9.17) is 0 Å². The first-order chi connectivity index (χ1) is 10.3. The Hall–Kier alpha value is -1.35. The molecule has 1 heterocycles. The maximum atomic E-state index is 12.6. The van der Waals surface area contributed by atoms with Gasteiger partial charge in [0.05, 0.1) is 5.92 Å². The van der Waals surface area contributed by atoms with E-state index in [0.717, 1.165) is 37.4 Å². The second-order valence-electron chi connectivity index (χ2n) is 7.06. The van der Waals surface area contributed by atoms with Crippen LogP contribution in [-0.4, -0.2) is 19.0 Å². The molecule has 3 aliphatic rings. The van der Waals surface area contributed by atoms with Gasteiger partial charge >= 0.3 is 0 Å². The lowest BCUT2D eigenvalue weighted by Gasteiger charge is -2.27. The summed E-state index contributed by atoms with van der Waals surface area (Å²) in [5.41, 5.74) is 2.48. The van der Waals surface area contributed by atoms with Crippen LogP contribution in [0, 0.1) is 17.8 Å². The number of benzene rings is 1. The second-order valence-corrected chi connectivity index (χ2v) is 7.06. The molecule has 1 amide bonds. The SMILES string of the molecule is O=C(NCC1CC2CCC1C2)C1CNCc2ccccc21. The highest BCUT2D eigenvalue weighted by Gasteiger charge is 2.39. The zero-order valence-electron chi connectivity index (χ0n) is 12.5. The minimum absolute atomic E-state index is 0.0199. The Bertz CT molecular complexity index is 542. The fraction of sp³-hybridized carbons (Fsp3) is 0.611. The van der Waals surface area contributed by atoms with Crippen LogP contribution in [-0.2, 0) is 11.3 Å². The third kappa shape index (κ3) is 2.48. The molecule has 4 rings (SSSR count). The molecule has 4 atom stereocenters. The lowest BCUT2D eigenvalue weighted by Crippen LogP contribution is -2.41. The Morgan fingerprint density at radius 1 is 1.24 bits per heavy atom. The number of nitrogens with one attached hydrogen (secondary N) is 2. The van der Waals surface area contributed by atoms with Crippen molar-refractivity contribution >= 4 is 5.91 Å². The topological polar surface area (TPSA) is 41.1 Å². The molecule has 3 nitrogen and oxygen atoms in total. The number of fused-ring (bicyclic) bond motifs is 3. The Morgan fingerprint density at radius 2 is 2.14 bits per heavy atom. The molecule has 0 radical (unpaired) electrons. The molecule has 0 aromatic heterocycles. The first-order valence-corrected chi connectivity index (χ1v) is 8.37. The predicted octanol–water partition coefficient (Wildman–Crippen LogP) is 2.43. The van der Waals surface area contributed by atoms with Crippen LogP contribution in [0.1, 0.15) is 42.7 Å². The number of rotatable bonds is 3. The Morgan fingerprint density at radius 3 is 2.95 bits per heavy atom. The number of hydrogen-bond donors (Lipinski definition) is 2. The summed E-state index contributed by atoms with van der Waals surface area (Å²) >= 11 is 0. The average Bonchev–Trinajstić information content (AvgIpc) is 3.15. The normalized spacial score (nSPS) is 33.7. The summed E-state index contributed by atoms with van der Waals surface area (Å²) in [6.45, 7) is 2.53. The fourth-order valence-electron chi connectivity index (χ4n) is 4.71. The number of carbonyl (C=O) groups is 1. The molecule has 4 unspecified atom stereocenters. The quantitative estimate of drug-likeness (QED) is 0.895. The molecule has 0 spiro atoms. The van der Waals surface area contributed by atoms with Crippen LogP contribution in [0.25, 0.3) is 0 Å². The van der Waals surface area contributed by atoms with Gasteiger partial charge in [-0.15, -0.1) is 0 Å². The number of amides is 1. The zero-order valence-corrected chi connectivity index (χ0v) is 12.5. The van der Waals surface area contributed by atoms with Crippen molar-refractivity contribution in [2.45, 2.75) is 38.1 Å². The van der Waals surface area contributed by atoms with Gasteiger partial charge in [-0.25, -0.2) is 0 Å². The van der Waals surface area contributed by atoms with E-state index < -0.39 is 0 Å². The van der Waals surface area contributed by atoms with Gasteiger partial charge in [0.2, 0.25) is 5.91 Å². The van der Waals surface area contributed by atoms with Crippen molar-refractivity contribution in [2.24, 2.45) is 17.8 Å². The maximum Gasteiger partial charge on any atom is 0.228 e. The van der Waals surface area contributed by atoms with Crippen LogP contribution in [0.3, 0.4) is 0 Å². The largest absolute Gasteiger partial charge is 0.355 e. The summed E-state index contributed by atoms with van der Waals surface area (Å²) in [5.74, 6) is 2.76. The van der Waals surface area contributed by atoms with Crippen LogP contribution in [0.4, 0.5) is 0 Å². The Labute approximate surface area is 126 Å². The standard InChI is InChI=1S/C18H24N2O/c21-18(20-10-15-8-12-5-6-13(15)7-12)17-11-19-9-14-3-1-2-4-16(14)17/h1-4,12-13,15,17,19H,5-11H2,(H,20,21). The van der Waals surface area contributed by atoms with E-state index in [0.29, 0.717) is 0 Å². The van der Waals surface area contributed by atoms with Crippen molar-refractivity contribution in [3.63, 3.8) is 0 Å². The number of hydrogen-bond acceptors (Lipinski definition) is 2. The van der Waals surface area contributed by atoms with Gasteiger partial charge in [0.1, 0.15) is 0 Å². The molecule has 1 aromatic carbocycles. The van der Waals surface area contributed by atoms with Gasteiger partial charge < -0.3 is 10.6 Å². The molecule has 112 valence electrons. The molecule has 2 bridgehead atoms. The van der Waals surface area contributed by atoms with Crippen molar-refractivity contribution in [1.29, 1.82) is 0 Å². The van der Waals surface area contributed by atoms with E-state index in [1.54, 1.807) is 0 Å². The molecule has 0 saturated heterocycles. The molecule has 3 heteroatoms. The molecule has 2 aliphatic carbocycles. The summed E-state index contributed by atoms with van der Waals surface area (Å²) in [4.78, 5) is 12.6. The first kappa shape index (κ1) is 13.3. The van der Waals surface area contributed by atoms with Crippen LogP contribution < -0.4 is 10.6 Å². The van der Waals surface area contributed by atoms with Crippen LogP contribution >= 0.6 is 0 Å². The first-order valence-electron chi connectivity index (χ1n) is 8.37. The highest BCUT2D eigenvalue weighted by molar-refractivity contribution is 5.84. The van der Waals surface area contributed by atoms with Gasteiger partial charge in [0.15, 0.2) is 0 Å². The van der Waals surface area contributed by atoms with Gasteiger partial charge in [-0.2, -0.15) is 0 Å². The Balaban J connectivity index is 1.39. The smallest absolute Gasteiger partial charge is 0.228 e. The average molecular weight is 284 g/mol. The van der Waals surface area contributed by atoms with E-state index in [-0.39, 0.29) is 11.8 Å². The predicted molar refractivity (Wildman–Crippen MR) is 82.8 cm³/mol.